The zero-order chi connectivity index (χ0) is 23.0. The van der Waals surface area contributed by atoms with E-state index in [9.17, 15) is 9.59 Å². The van der Waals surface area contributed by atoms with Crippen LogP contribution in [0.4, 0.5) is 5.00 Å². The molecule has 2 aromatic carbocycles. The van der Waals surface area contributed by atoms with Gasteiger partial charge >= 0.3 is 0 Å². The van der Waals surface area contributed by atoms with E-state index in [1.54, 1.807) is 6.07 Å². The SMILES string of the molecule is CCc1c(C)sc(NC(=O)c2c(C)c(-c3cccc(Cl)c3)nc3ccccc23)c1C(N)=O. The van der Waals surface area contributed by atoms with Gasteiger partial charge in [0.1, 0.15) is 5.00 Å². The maximum Gasteiger partial charge on any atom is 0.257 e. The Labute approximate surface area is 195 Å². The topological polar surface area (TPSA) is 85.1 Å². The molecule has 2 aromatic heterocycles. The molecule has 0 saturated heterocycles. The molecule has 0 aliphatic rings. The average Bonchev–Trinajstić information content (AvgIpc) is 3.07. The van der Waals surface area contributed by atoms with E-state index in [-0.39, 0.29) is 5.91 Å². The molecule has 0 atom stereocenters. The fraction of sp³-hybridized carbons (Fsp3) is 0.160. The first-order valence-electron chi connectivity index (χ1n) is 10.2. The Hall–Kier alpha value is -3.22. The number of fused-ring (bicyclic) bond motifs is 1. The second kappa shape index (κ2) is 8.73. The van der Waals surface area contributed by atoms with Crippen molar-refractivity contribution in [2.45, 2.75) is 27.2 Å². The van der Waals surface area contributed by atoms with Crippen molar-refractivity contribution in [3.05, 3.63) is 80.7 Å². The lowest BCUT2D eigenvalue weighted by Crippen LogP contribution is -2.19. The van der Waals surface area contributed by atoms with E-state index >= 15 is 0 Å². The smallest absolute Gasteiger partial charge is 0.257 e. The largest absolute Gasteiger partial charge is 0.365 e. The number of aromatic nitrogens is 1. The van der Waals surface area contributed by atoms with Crippen molar-refractivity contribution in [3.8, 4) is 11.3 Å². The van der Waals surface area contributed by atoms with Gasteiger partial charge < -0.3 is 11.1 Å². The first kappa shape index (κ1) is 22.0. The van der Waals surface area contributed by atoms with Gasteiger partial charge in [-0.15, -0.1) is 11.3 Å². The molecule has 2 heterocycles. The molecule has 0 saturated carbocycles. The standard InChI is InChI=1S/C25H22ClN3O2S/c1-4-17-14(3)32-25(21(17)23(27)30)29-24(31)20-13(2)22(15-8-7-9-16(26)12-15)28-19-11-6-5-10-18(19)20/h5-12H,4H2,1-3H3,(H2,27,30)(H,29,31). The molecule has 0 spiro atoms. The van der Waals surface area contributed by atoms with Crippen LogP contribution in [0.2, 0.25) is 5.02 Å². The van der Waals surface area contributed by atoms with E-state index in [0.29, 0.717) is 38.8 Å². The van der Waals surface area contributed by atoms with Crippen LogP contribution in [0.15, 0.2) is 48.5 Å². The van der Waals surface area contributed by atoms with Gasteiger partial charge in [-0.1, -0.05) is 48.9 Å². The number of halogens is 1. The van der Waals surface area contributed by atoms with Crippen LogP contribution in [-0.4, -0.2) is 16.8 Å². The van der Waals surface area contributed by atoms with Crippen LogP contribution in [0.3, 0.4) is 0 Å². The highest BCUT2D eigenvalue weighted by atomic mass is 35.5. The fourth-order valence-electron chi connectivity index (χ4n) is 4.04. The predicted octanol–water partition coefficient (Wildman–Crippen LogP) is 6.15. The molecular weight excluding hydrogens is 442 g/mol. The number of thiophene rings is 1. The maximum atomic E-state index is 13.6. The molecule has 0 aliphatic carbocycles. The third-order valence-corrected chi connectivity index (χ3v) is 6.79. The zero-order valence-electron chi connectivity index (χ0n) is 18.0. The number of nitrogens with one attached hydrogen (secondary N) is 1. The van der Waals surface area contributed by atoms with Gasteiger partial charge in [0, 0.05) is 20.8 Å². The molecule has 5 nitrogen and oxygen atoms in total. The number of benzene rings is 2. The summed E-state index contributed by atoms with van der Waals surface area (Å²) in [6.45, 7) is 5.76. The molecule has 2 amide bonds. The fourth-order valence-corrected chi connectivity index (χ4v) is 5.37. The summed E-state index contributed by atoms with van der Waals surface area (Å²) in [5.41, 5.74) is 10.3. The summed E-state index contributed by atoms with van der Waals surface area (Å²) in [5, 5.41) is 4.75. The Morgan fingerprint density at radius 1 is 1.09 bits per heavy atom. The molecule has 162 valence electrons. The van der Waals surface area contributed by atoms with Crippen molar-refractivity contribution >= 4 is 50.7 Å². The predicted molar refractivity (Wildman–Crippen MR) is 132 cm³/mol. The van der Waals surface area contributed by atoms with Gasteiger partial charge in [0.05, 0.1) is 22.3 Å². The highest BCUT2D eigenvalue weighted by Crippen LogP contribution is 2.35. The maximum absolute atomic E-state index is 13.6. The number of rotatable bonds is 5. The van der Waals surface area contributed by atoms with Gasteiger partial charge in [-0.05, 0) is 49.6 Å². The third-order valence-electron chi connectivity index (χ3n) is 5.50. The molecule has 0 radical (unpaired) electrons. The minimum atomic E-state index is -0.544. The summed E-state index contributed by atoms with van der Waals surface area (Å²) in [4.78, 5) is 31.5. The molecular formula is C25H22ClN3O2S. The number of pyridine rings is 1. The third kappa shape index (κ3) is 3.87. The van der Waals surface area contributed by atoms with Crippen molar-refractivity contribution in [1.29, 1.82) is 0 Å². The van der Waals surface area contributed by atoms with Gasteiger partial charge in [-0.2, -0.15) is 0 Å². The van der Waals surface area contributed by atoms with Crippen LogP contribution in [0, 0.1) is 13.8 Å². The lowest BCUT2D eigenvalue weighted by Gasteiger charge is -2.15. The molecule has 4 rings (SSSR count). The molecule has 0 aliphatic heterocycles. The summed E-state index contributed by atoms with van der Waals surface area (Å²) in [6, 6.07) is 14.9. The quantitative estimate of drug-likeness (QED) is 0.372. The van der Waals surface area contributed by atoms with E-state index in [0.717, 1.165) is 27.0 Å². The van der Waals surface area contributed by atoms with E-state index in [1.807, 2.05) is 63.2 Å². The number of carbonyl (C=O) groups excluding carboxylic acids is 2. The summed E-state index contributed by atoms with van der Waals surface area (Å²) < 4.78 is 0. The Balaban J connectivity index is 1.89. The van der Waals surface area contributed by atoms with Gasteiger partial charge in [0.2, 0.25) is 0 Å². The zero-order valence-corrected chi connectivity index (χ0v) is 19.5. The first-order chi connectivity index (χ1) is 15.3. The number of nitrogens with zero attached hydrogens (tertiary/aromatic N) is 1. The van der Waals surface area contributed by atoms with E-state index in [4.69, 9.17) is 22.3 Å². The lowest BCUT2D eigenvalue weighted by molar-refractivity contribution is 0.100. The van der Waals surface area contributed by atoms with Crippen molar-refractivity contribution in [2.24, 2.45) is 5.73 Å². The molecule has 32 heavy (non-hydrogen) atoms. The van der Waals surface area contributed by atoms with Crippen molar-refractivity contribution < 1.29 is 9.59 Å². The average molecular weight is 464 g/mol. The number of carbonyl (C=O) groups is 2. The van der Waals surface area contributed by atoms with Crippen molar-refractivity contribution in [3.63, 3.8) is 0 Å². The molecule has 0 fully saturated rings. The van der Waals surface area contributed by atoms with Crippen molar-refractivity contribution in [1.82, 2.24) is 4.98 Å². The van der Waals surface area contributed by atoms with Crippen molar-refractivity contribution in [2.75, 3.05) is 5.32 Å². The number of para-hydroxylation sites is 1. The lowest BCUT2D eigenvalue weighted by atomic mass is 9.97. The van der Waals surface area contributed by atoms with E-state index in [1.165, 1.54) is 11.3 Å². The van der Waals surface area contributed by atoms with Gasteiger partial charge in [-0.25, -0.2) is 4.98 Å². The molecule has 0 bridgehead atoms. The van der Waals surface area contributed by atoms with Crippen LogP contribution in [0.1, 0.15) is 43.6 Å². The Morgan fingerprint density at radius 2 is 1.84 bits per heavy atom. The number of aryl methyl sites for hydroxylation is 1. The highest BCUT2D eigenvalue weighted by Gasteiger charge is 2.24. The summed E-state index contributed by atoms with van der Waals surface area (Å²) >= 11 is 7.57. The molecule has 0 unspecified atom stereocenters. The molecule has 3 N–H and O–H groups in total. The second-order valence-corrected chi connectivity index (χ2v) is 9.16. The van der Waals surface area contributed by atoms with E-state index in [2.05, 4.69) is 5.32 Å². The number of nitrogens with two attached hydrogens (primary N) is 1. The minimum Gasteiger partial charge on any atom is -0.365 e. The minimum absolute atomic E-state index is 0.309. The van der Waals surface area contributed by atoms with E-state index < -0.39 is 5.91 Å². The summed E-state index contributed by atoms with van der Waals surface area (Å²) in [6.07, 6.45) is 0.659. The molecule has 4 aromatic rings. The molecule has 7 heteroatoms. The van der Waals surface area contributed by atoms with Crippen LogP contribution in [0.5, 0.6) is 0 Å². The van der Waals surface area contributed by atoms with Crippen LogP contribution < -0.4 is 11.1 Å². The number of anilines is 1. The summed E-state index contributed by atoms with van der Waals surface area (Å²) in [5.74, 6) is -0.854. The Kier molecular flexibility index (Phi) is 6.00. The number of hydrogen-bond acceptors (Lipinski definition) is 4. The highest BCUT2D eigenvalue weighted by molar-refractivity contribution is 7.16. The van der Waals surface area contributed by atoms with Gasteiger partial charge in [0.25, 0.3) is 11.8 Å². The number of hydrogen-bond donors (Lipinski definition) is 2. The first-order valence-corrected chi connectivity index (χ1v) is 11.4. The Bertz CT molecular complexity index is 1380. The number of primary amides is 1. The van der Waals surface area contributed by atoms with Crippen LogP contribution >= 0.6 is 22.9 Å². The summed E-state index contributed by atoms with van der Waals surface area (Å²) in [7, 11) is 0. The van der Waals surface area contributed by atoms with Gasteiger partial charge in [-0.3, -0.25) is 9.59 Å². The van der Waals surface area contributed by atoms with Crippen LogP contribution in [-0.2, 0) is 6.42 Å². The monoisotopic (exact) mass is 463 g/mol. The number of amides is 2. The van der Waals surface area contributed by atoms with Gasteiger partial charge in [0.15, 0.2) is 0 Å². The normalized spacial score (nSPS) is 11.0. The van der Waals surface area contributed by atoms with Crippen LogP contribution in [0.25, 0.3) is 22.2 Å². The second-order valence-electron chi connectivity index (χ2n) is 7.50. The Morgan fingerprint density at radius 3 is 2.53 bits per heavy atom.